The van der Waals surface area contributed by atoms with Crippen LogP contribution in [0.5, 0.6) is 5.75 Å². The summed E-state index contributed by atoms with van der Waals surface area (Å²) in [6.45, 7) is 3.87. The minimum atomic E-state index is -0.900. The molecule has 20 heavy (non-hydrogen) atoms. The Labute approximate surface area is 119 Å². The van der Waals surface area contributed by atoms with Gasteiger partial charge >= 0.3 is 0 Å². The van der Waals surface area contributed by atoms with Crippen LogP contribution in [0.2, 0.25) is 0 Å². The molecule has 0 saturated heterocycles. The second kappa shape index (κ2) is 7.26. The molecule has 2 atom stereocenters. The van der Waals surface area contributed by atoms with Crippen molar-refractivity contribution in [3.63, 3.8) is 0 Å². The van der Waals surface area contributed by atoms with E-state index < -0.39 is 11.6 Å². The van der Waals surface area contributed by atoms with Crippen LogP contribution in [0.3, 0.4) is 0 Å². The number of carbonyl (C=O) groups excluding carboxylic acids is 1. The van der Waals surface area contributed by atoms with Crippen LogP contribution < -0.4 is 11.1 Å². The lowest BCUT2D eigenvalue weighted by Gasteiger charge is -2.24. The third-order valence-corrected chi connectivity index (χ3v) is 3.16. The lowest BCUT2D eigenvalue weighted by atomic mass is 10.0. The van der Waals surface area contributed by atoms with E-state index in [9.17, 15) is 15.0 Å². The first kappa shape index (κ1) is 16.5. The number of phenolic OH excluding ortho intramolecular Hbond substituents is 1. The van der Waals surface area contributed by atoms with Crippen LogP contribution in [-0.4, -0.2) is 34.3 Å². The van der Waals surface area contributed by atoms with Gasteiger partial charge in [0.05, 0.1) is 11.6 Å². The van der Waals surface area contributed by atoms with Gasteiger partial charge in [-0.25, -0.2) is 0 Å². The van der Waals surface area contributed by atoms with Gasteiger partial charge in [-0.2, -0.15) is 0 Å². The fourth-order valence-electron chi connectivity index (χ4n) is 2.01. The van der Waals surface area contributed by atoms with Gasteiger partial charge in [-0.1, -0.05) is 25.5 Å². The predicted octanol–water partition coefficient (Wildman–Crippen LogP) is 0.929. The van der Waals surface area contributed by atoms with Crippen LogP contribution in [0.25, 0.3) is 0 Å². The number of benzene rings is 1. The van der Waals surface area contributed by atoms with Gasteiger partial charge in [0.2, 0.25) is 5.91 Å². The Balaban J connectivity index is 2.45. The van der Waals surface area contributed by atoms with E-state index in [0.717, 1.165) is 12.0 Å². The number of hydrogen-bond acceptors (Lipinski definition) is 4. The molecule has 1 amide bonds. The van der Waals surface area contributed by atoms with Crippen molar-refractivity contribution in [3.05, 3.63) is 29.8 Å². The van der Waals surface area contributed by atoms with Gasteiger partial charge in [0, 0.05) is 6.54 Å². The summed E-state index contributed by atoms with van der Waals surface area (Å²) in [7, 11) is 0. The van der Waals surface area contributed by atoms with Gasteiger partial charge in [0.1, 0.15) is 5.75 Å². The van der Waals surface area contributed by atoms with Crippen molar-refractivity contribution < 1.29 is 15.0 Å². The topological polar surface area (TPSA) is 95.6 Å². The molecule has 0 heterocycles. The second-order valence-corrected chi connectivity index (χ2v) is 5.44. The van der Waals surface area contributed by atoms with Gasteiger partial charge in [0.15, 0.2) is 0 Å². The molecule has 5 heteroatoms. The molecular formula is C15H24N2O3. The molecule has 0 spiro atoms. The van der Waals surface area contributed by atoms with Crippen molar-refractivity contribution in [2.24, 2.45) is 5.73 Å². The molecule has 0 radical (unpaired) electrons. The van der Waals surface area contributed by atoms with Crippen molar-refractivity contribution in [2.75, 3.05) is 6.54 Å². The summed E-state index contributed by atoms with van der Waals surface area (Å²) < 4.78 is 0. The lowest BCUT2D eigenvalue weighted by Crippen LogP contribution is -2.47. The molecule has 0 aliphatic rings. The predicted molar refractivity (Wildman–Crippen MR) is 78.3 cm³/mol. The number of aliphatic hydroxyl groups is 1. The van der Waals surface area contributed by atoms with E-state index in [1.165, 1.54) is 0 Å². The zero-order chi connectivity index (χ0) is 15.2. The minimum Gasteiger partial charge on any atom is -0.508 e. The molecule has 5 N–H and O–H groups in total. The van der Waals surface area contributed by atoms with E-state index in [2.05, 4.69) is 5.32 Å². The van der Waals surface area contributed by atoms with Crippen molar-refractivity contribution in [1.82, 2.24) is 5.32 Å². The fraction of sp³-hybridized carbons (Fsp3) is 0.533. The highest BCUT2D eigenvalue weighted by Gasteiger charge is 2.22. The number of rotatable bonds is 7. The van der Waals surface area contributed by atoms with Gasteiger partial charge in [-0.3, -0.25) is 4.79 Å². The first-order chi connectivity index (χ1) is 9.34. The molecule has 1 aromatic carbocycles. The van der Waals surface area contributed by atoms with E-state index in [0.29, 0.717) is 12.8 Å². The quantitative estimate of drug-likeness (QED) is 0.597. The molecule has 0 fully saturated rings. The van der Waals surface area contributed by atoms with Crippen LogP contribution in [-0.2, 0) is 11.2 Å². The molecule has 0 saturated carbocycles. The Morgan fingerprint density at radius 2 is 2.00 bits per heavy atom. The Bertz CT molecular complexity index is 429. The highest BCUT2D eigenvalue weighted by atomic mass is 16.3. The fourth-order valence-corrected chi connectivity index (χ4v) is 2.01. The minimum absolute atomic E-state index is 0.183. The molecule has 1 aromatic rings. The Morgan fingerprint density at radius 1 is 1.40 bits per heavy atom. The van der Waals surface area contributed by atoms with Crippen molar-refractivity contribution in [3.8, 4) is 5.75 Å². The summed E-state index contributed by atoms with van der Waals surface area (Å²) >= 11 is 0. The molecule has 1 rings (SSSR count). The van der Waals surface area contributed by atoms with Crippen LogP contribution in [0.4, 0.5) is 0 Å². The first-order valence-electron chi connectivity index (χ1n) is 6.87. The van der Waals surface area contributed by atoms with Crippen LogP contribution in [0.1, 0.15) is 32.3 Å². The maximum Gasteiger partial charge on any atom is 0.237 e. The van der Waals surface area contributed by atoms with E-state index in [-0.39, 0.29) is 18.2 Å². The second-order valence-electron chi connectivity index (χ2n) is 5.44. The molecule has 5 nitrogen and oxygen atoms in total. The van der Waals surface area contributed by atoms with Gasteiger partial charge in [0.25, 0.3) is 0 Å². The summed E-state index contributed by atoms with van der Waals surface area (Å²) in [5.74, 6) is -0.100. The number of nitrogens with two attached hydrogens (primary N) is 1. The highest BCUT2D eigenvalue weighted by molar-refractivity contribution is 5.81. The normalized spacial score (nSPS) is 15.4. The molecule has 0 aliphatic carbocycles. The lowest BCUT2D eigenvalue weighted by molar-refractivity contribution is -0.123. The number of amides is 1. The number of phenols is 1. The molecule has 112 valence electrons. The summed E-state index contributed by atoms with van der Waals surface area (Å²) in [5, 5.41) is 21.8. The third kappa shape index (κ3) is 5.59. The van der Waals surface area contributed by atoms with E-state index in [1.807, 2.05) is 6.92 Å². The van der Waals surface area contributed by atoms with Gasteiger partial charge < -0.3 is 21.3 Å². The Kier molecular flexibility index (Phi) is 5.98. The standard InChI is InChI=1S/C15H24N2O3/c1-3-8-15(2,20)10-17-14(19)13(16)9-11-4-6-12(18)7-5-11/h4-7,13,18,20H,3,8-10,16H2,1-2H3,(H,17,19)/t13-,15?/m0/s1. The number of hydrogen-bond donors (Lipinski definition) is 4. The SMILES string of the molecule is CCCC(C)(O)CNC(=O)[C@@H](N)Cc1ccc(O)cc1. The highest BCUT2D eigenvalue weighted by Crippen LogP contribution is 2.12. The summed E-state index contributed by atoms with van der Waals surface area (Å²) in [4.78, 5) is 11.9. The average molecular weight is 280 g/mol. The largest absolute Gasteiger partial charge is 0.508 e. The molecule has 1 unspecified atom stereocenters. The number of carbonyl (C=O) groups is 1. The summed E-state index contributed by atoms with van der Waals surface area (Å²) in [5.41, 5.74) is 5.81. The maximum absolute atomic E-state index is 11.9. The van der Waals surface area contributed by atoms with Crippen LogP contribution in [0.15, 0.2) is 24.3 Å². The Morgan fingerprint density at radius 3 is 2.55 bits per heavy atom. The molecule has 0 aromatic heterocycles. The summed E-state index contributed by atoms with van der Waals surface area (Å²) in [6.07, 6.45) is 1.87. The smallest absolute Gasteiger partial charge is 0.237 e. The van der Waals surface area contributed by atoms with Crippen molar-refractivity contribution >= 4 is 5.91 Å². The molecule has 0 aliphatic heterocycles. The first-order valence-corrected chi connectivity index (χ1v) is 6.87. The molecule has 0 bridgehead atoms. The maximum atomic E-state index is 11.9. The van der Waals surface area contributed by atoms with E-state index >= 15 is 0 Å². The number of aromatic hydroxyl groups is 1. The zero-order valence-corrected chi connectivity index (χ0v) is 12.1. The van der Waals surface area contributed by atoms with Gasteiger partial charge in [-0.05, 0) is 37.5 Å². The van der Waals surface area contributed by atoms with Gasteiger partial charge in [-0.15, -0.1) is 0 Å². The average Bonchev–Trinajstić information content (AvgIpc) is 2.38. The Hall–Kier alpha value is -1.59. The van der Waals surface area contributed by atoms with Crippen LogP contribution >= 0.6 is 0 Å². The van der Waals surface area contributed by atoms with Crippen molar-refractivity contribution in [1.29, 1.82) is 0 Å². The zero-order valence-electron chi connectivity index (χ0n) is 12.1. The van der Waals surface area contributed by atoms with E-state index in [1.54, 1.807) is 31.2 Å². The molecular weight excluding hydrogens is 256 g/mol. The third-order valence-electron chi connectivity index (χ3n) is 3.16. The van der Waals surface area contributed by atoms with E-state index in [4.69, 9.17) is 5.73 Å². The summed E-state index contributed by atoms with van der Waals surface area (Å²) in [6, 6.07) is 5.92. The number of nitrogens with one attached hydrogen (secondary N) is 1. The van der Waals surface area contributed by atoms with Crippen LogP contribution in [0, 0.1) is 0 Å². The monoisotopic (exact) mass is 280 g/mol. The van der Waals surface area contributed by atoms with Crippen molar-refractivity contribution in [2.45, 2.75) is 44.8 Å².